The second-order valence-electron chi connectivity index (χ2n) is 17.3. The van der Waals surface area contributed by atoms with Gasteiger partial charge in [-0.25, -0.2) is 0 Å². The number of carboxylic acids is 1. The van der Waals surface area contributed by atoms with E-state index in [2.05, 4.69) is 98.9 Å². The molecule has 0 aromatic rings. The fourth-order valence-electron chi connectivity index (χ4n) is 6.71. The molecule has 0 heterocycles. The number of esters is 2. The maximum absolute atomic E-state index is 12.8. The topological polar surface area (TPSA) is 102 Å². The molecule has 354 valence electrons. The number of likely N-dealkylation sites (N-methyl/N-ethyl adjacent to an activating group) is 1. The van der Waals surface area contributed by atoms with Gasteiger partial charge >= 0.3 is 11.9 Å². The molecule has 0 aromatic carbocycles. The fourth-order valence-corrected chi connectivity index (χ4v) is 6.71. The van der Waals surface area contributed by atoms with Crippen LogP contribution in [0.25, 0.3) is 0 Å². The Morgan fingerprint density at radius 1 is 0.500 bits per heavy atom. The molecule has 0 aliphatic carbocycles. The second kappa shape index (κ2) is 44.1. The van der Waals surface area contributed by atoms with E-state index in [-0.39, 0.29) is 42.7 Å². The number of quaternary nitrogens is 1. The van der Waals surface area contributed by atoms with Crippen LogP contribution in [-0.4, -0.2) is 75.5 Å². The molecule has 0 saturated carbocycles. The Bertz CT molecular complexity index is 1290. The van der Waals surface area contributed by atoms with Crippen molar-refractivity contribution in [2.24, 2.45) is 0 Å². The Morgan fingerprint density at radius 3 is 1.35 bits per heavy atom. The number of ether oxygens (including phenoxy) is 3. The number of carboxylic acid groups (broad SMARTS) is 1. The standard InChI is InChI=1S/C54H91NO7/c1-6-8-10-12-14-16-18-20-22-24-25-26-27-28-29-31-33-35-37-39-41-43-45-53(57)62-50(48-60-47-46-51(54(58)59)55(3,4)5)49-61-52(56)44-42-40-38-36-34-32-30-23-21-19-17-15-13-11-9-7-2/h9,11,14-17,20-23,25-26,32,34,50-51H,6-8,10,12-13,18-19,24,27-31,33,35-49H2,1-5H3/b11-9+,16-14+,17-15+,22-20+,23-21+,26-25+,34-32+. The van der Waals surface area contributed by atoms with Gasteiger partial charge < -0.3 is 28.6 Å². The number of rotatable bonds is 43. The van der Waals surface area contributed by atoms with E-state index in [0.29, 0.717) is 12.8 Å². The minimum atomic E-state index is -1.13. The first-order chi connectivity index (χ1) is 30.1. The van der Waals surface area contributed by atoms with Crippen LogP contribution in [0.2, 0.25) is 0 Å². The number of allylic oxidation sites excluding steroid dienone is 14. The van der Waals surface area contributed by atoms with E-state index in [4.69, 9.17) is 14.2 Å². The number of hydrogen-bond donors (Lipinski definition) is 0. The van der Waals surface area contributed by atoms with Crippen LogP contribution >= 0.6 is 0 Å². The van der Waals surface area contributed by atoms with Gasteiger partial charge in [0.2, 0.25) is 0 Å². The fraction of sp³-hybridized carbons (Fsp3) is 0.685. The van der Waals surface area contributed by atoms with E-state index < -0.39 is 18.1 Å². The molecule has 0 bridgehead atoms. The lowest BCUT2D eigenvalue weighted by atomic mass is 10.1. The van der Waals surface area contributed by atoms with Crippen molar-refractivity contribution in [1.82, 2.24) is 0 Å². The summed E-state index contributed by atoms with van der Waals surface area (Å²) in [5, 5.41) is 11.7. The summed E-state index contributed by atoms with van der Waals surface area (Å²) in [6.07, 6.45) is 57.5. The number of hydrogen-bond acceptors (Lipinski definition) is 7. The molecule has 8 heteroatoms. The highest BCUT2D eigenvalue weighted by Gasteiger charge is 2.25. The van der Waals surface area contributed by atoms with Gasteiger partial charge in [0, 0.05) is 19.3 Å². The van der Waals surface area contributed by atoms with Crippen LogP contribution in [0.4, 0.5) is 0 Å². The number of carbonyl (C=O) groups is 3. The highest BCUT2D eigenvalue weighted by Crippen LogP contribution is 2.14. The van der Waals surface area contributed by atoms with Gasteiger partial charge in [-0.1, -0.05) is 163 Å². The minimum absolute atomic E-state index is 0.0236. The van der Waals surface area contributed by atoms with E-state index in [1.807, 2.05) is 0 Å². The van der Waals surface area contributed by atoms with Crippen molar-refractivity contribution in [2.45, 2.75) is 199 Å². The average Bonchev–Trinajstić information content (AvgIpc) is 3.23. The maximum atomic E-state index is 12.8. The summed E-state index contributed by atoms with van der Waals surface area (Å²) in [6, 6.07) is -0.736. The molecule has 0 amide bonds. The molecule has 62 heavy (non-hydrogen) atoms. The summed E-state index contributed by atoms with van der Waals surface area (Å²) in [4.78, 5) is 37.0. The number of unbranched alkanes of at least 4 members (excludes halogenated alkanes) is 15. The molecule has 0 N–H and O–H groups in total. The smallest absolute Gasteiger partial charge is 0.306 e. The van der Waals surface area contributed by atoms with Crippen LogP contribution in [-0.2, 0) is 28.6 Å². The number of nitrogens with zero attached hydrogens (tertiary/aromatic N) is 1. The van der Waals surface area contributed by atoms with Crippen molar-refractivity contribution in [2.75, 3.05) is 41.0 Å². The first-order valence-electron chi connectivity index (χ1n) is 24.6. The third kappa shape index (κ3) is 41.8. The largest absolute Gasteiger partial charge is 0.544 e. The van der Waals surface area contributed by atoms with Gasteiger partial charge in [0.1, 0.15) is 12.6 Å². The Morgan fingerprint density at radius 2 is 0.903 bits per heavy atom. The molecule has 2 atom stereocenters. The maximum Gasteiger partial charge on any atom is 0.306 e. The van der Waals surface area contributed by atoms with Crippen LogP contribution < -0.4 is 5.11 Å². The van der Waals surface area contributed by atoms with Crippen LogP contribution in [0.5, 0.6) is 0 Å². The lowest BCUT2D eigenvalue weighted by molar-refractivity contribution is -0.889. The number of carbonyl (C=O) groups excluding carboxylic acids is 3. The summed E-state index contributed by atoms with van der Waals surface area (Å²) in [5.41, 5.74) is 0. The van der Waals surface area contributed by atoms with Crippen LogP contribution in [0, 0.1) is 0 Å². The van der Waals surface area contributed by atoms with Gasteiger partial charge in [0.05, 0.1) is 40.3 Å². The summed E-state index contributed by atoms with van der Waals surface area (Å²) < 4.78 is 17.2. The molecule has 8 nitrogen and oxygen atoms in total. The zero-order chi connectivity index (χ0) is 45.6. The summed E-state index contributed by atoms with van der Waals surface area (Å²) in [7, 11) is 5.39. The third-order valence-corrected chi connectivity index (χ3v) is 10.5. The zero-order valence-corrected chi connectivity index (χ0v) is 40.3. The average molecular weight is 866 g/mol. The summed E-state index contributed by atoms with van der Waals surface area (Å²) >= 11 is 0. The van der Waals surface area contributed by atoms with E-state index in [0.717, 1.165) is 89.9 Å². The molecular weight excluding hydrogens is 775 g/mol. The summed E-state index contributed by atoms with van der Waals surface area (Å²) in [6.45, 7) is 4.48. The quantitative estimate of drug-likeness (QED) is 0.0260. The van der Waals surface area contributed by atoms with E-state index >= 15 is 0 Å². The first-order valence-corrected chi connectivity index (χ1v) is 24.6. The van der Waals surface area contributed by atoms with Crippen molar-refractivity contribution < 1.29 is 38.2 Å². The lowest BCUT2D eigenvalue weighted by Crippen LogP contribution is -2.55. The van der Waals surface area contributed by atoms with E-state index in [1.165, 1.54) is 64.2 Å². The highest BCUT2D eigenvalue weighted by molar-refractivity contribution is 5.70. The van der Waals surface area contributed by atoms with Crippen LogP contribution in [0.1, 0.15) is 187 Å². The minimum Gasteiger partial charge on any atom is -0.544 e. The lowest BCUT2D eigenvalue weighted by Gasteiger charge is -2.34. The molecule has 0 aromatic heterocycles. The molecule has 0 rings (SSSR count). The monoisotopic (exact) mass is 866 g/mol. The van der Waals surface area contributed by atoms with Crippen molar-refractivity contribution in [1.29, 1.82) is 0 Å². The Hall–Kier alpha value is -3.49. The molecule has 2 unspecified atom stereocenters. The molecule has 0 fully saturated rings. The van der Waals surface area contributed by atoms with Gasteiger partial charge in [-0.3, -0.25) is 9.59 Å². The normalized spacial score (nSPS) is 13.6. The molecule has 0 aliphatic heterocycles. The van der Waals surface area contributed by atoms with E-state index in [9.17, 15) is 19.5 Å². The predicted octanol–water partition coefficient (Wildman–Crippen LogP) is 12.7. The van der Waals surface area contributed by atoms with E-state index in [1.54, 1.807) is 21.1 Å². The van der Waals surface area contributed by atoms with Gasteiger partial charge in [-0.2, -0.15) is 0 Å². The third-order valence-electron chi connectivity index (χ3n) is 10.5. The van der Waals surface area contributed by atoms with Crippen molar-refractivity contribution in [3.8, 4) is 0 Å². The van der Waals surface area contributed by atoms with Gasteiger partial charge in [-0.15, -0.1) is 0 Å². The molecule has 0 aliphatic rings. The molecular formula is C54H91NO7. The van der Waals surface area contributed by atoms with Gasteiger partial charge in [0.25, 0.3) is 0 Å². The molecule has 0 saturated heterocycles. The Labute approximate surface area is 380 Å². The SMILES string of the molecule is CC/C=C/C/C=C/C/C=C/C/C=C/CCCCCC(=O)OCC(COCCC(C(=O)[O-])[N+](C)(C)C)OC(=O)CCCCCCCCCCC/C=C/C/C=C/C/C=C/CCCCC. The summed E-state index contributed by atoms with van der Waals surface area (Å²) in [5.74, 6) is -1.79. The van der Waals surface area contributed by atoms with Crippen molar-refractivity contribution >= 4 is 17.9 Å². The van der Waals surface area contributed by atoms with Gasteiger partial charge in [0.15, 0.2) is 6.10 Å². The second-order valence-corrected chi connectivity index (χ2v) is 17.3. The van der Waals surface area contributed by atoms with Crippen LogP contribution in [0.15, 0.2) is 85.1 Å². The molecule has 0 spiro atoms. The number of aliphatic carboxylic acids is 1. The highest BCUT2D eigenvalue weighted by atomic mass is 16.6. The Balaban J connectivity index is 4.33. The van der Waals surface area contributed by atoms with Crippen molar-refractivity contribution in [3.05, 3.63) is 85.1 Å². The first kappa shape index (κ1) is 58.5. The predicted molar refractivity (Wildman–Crippen MR) is 258 cm³/mol. The molecule has 0 radical (unpaired) electrons. The van der Waals surface area contributed by atoms with Crippen molar-refractivity contribution in [3.63, 3.8) is 0 Å². The Kier molecular flexibility index (Phi) is 41.6. The van der Waals surface area contributed by atoms with Gasteiger partial charge in [-0.05, 0) is 89.9 Å². The van der Waals surface area contributed by atoms with Crippen LogP contribution in [0.3, 0.4) is 0 Å². The zero-order valence-electron chi connectivity index (χ0n) is 40.3.